The predicted octanol–water partition coefficient (Wildman–Crippen LogP) is 5.52. The first-order chi connectivity index (χ1) is 13.0. The minimum Gasteiger partial charge on any atom is -0.345 e. The SMILES string of the molecule is O=C(C(Cl)Cl)N(Cc1ccccc1)Cc1cccn1Cc1ccccc1Cl. The summed E-state index contributed by atoms with van der Waals surface area (Å²) in [5.74, 6) is -0.312. The summed E-state index contributed by atoms with van der Waals surface area (Å²) in [4.78, 5) is 13.1. The van der Waals surface area contributed by atoms with Gasteiger partial charge in [-0.2, -0.15) is 0 Å². The minimum atomic E-state index is -1.10. The lowest BCUT2D eigenvalue weighted by Gasteiger charge is -2.24. The monoisotopic (exact) mass is 420 g/mol. The molecule has 3 rings (SSSR count). The molecule has 3 aromatic rings. The Kier molecular flexibility index (Phi) is 6.84. The van der Waals surface area contributed by atoms with Crippen molar-refractivity contribution in [2.75, 3.05) is 0 Å². The van der Waals surface area contributed by atoms with E-state index in [1.54, 1.807) is 4.90 Å². The molecule has 0 aliphatic heterocycles. The molecule has 1 amide bonds. The molecule has 3 nitrogen and oxygen atoms in total. The molecule has 0 aliphatic rings. The number of rotatable bonds is 7. The lowest BCUT2D eigenvalue weighted by Crippen LogP contribution is -2.34. The molecule has 140 valence electrons. The van der Waals surface area contributed by atoms with Crippen molar-refractivity contribution in [3.8, 4) is 0 Å². The van der Waals surface area contributed by atoms with Crippen molar-refractivity contribution in [3.63, 3.8) is 0 Å². The fourth-order valence-corrected chi connectivity index (χ4v) is 3.38. The average molecular weight is 422 g/mol. The third kappa shape index (κ3) is 5.29. The summed E-state index contributed by atoms with van der Waals surface area (Å²) >= 11 is 18.0. The number of nitrogens with zero attached hydrogens (tertiary/aromatic N) is 2. The third-order valence-electron chi connectivity index (χ3n) is 4.29. The number of aromatic nitrogens is 1. The molecule has 27 heavy (non-hydrogen) atoms. The van der Waals surface area contributed by atoms with Crippen LogP contribution in [0.15, 0.2) is 72.9 Å². The van der Waals surface area contributed by atoms with Gasteiger partial charge in [0, 0.05) is 30.0 Å². The zero-order valence-electron chi connectivity index (χ0n) is 14.6. The standard InChI is InChI=1S/C21H19Cl3N2O/c22-19-11-5-4-9-17(19)14-25-12-6-10-18(25)15-26(21(27)20(23)24)13-16-7-2-1-3-8-16/h1-12,20H,13-15H2. The fraction of sp³-hybridized carbons (Fsp3) is 0.190. The predicted molar refractivity (Wildman–Crippen MR) is 111 cm³/mol. The van der Waals surface area contributed by atoms with E-state index in [0.717, 1.165) is 21.8 Å². The van der Waals surface area contributed by atoms with Gasteiger partial charge in [0.2, 0.25) is 0 Å². The van der Waals surface area contributed by atoms with Crippen molar-refractivity contribution >= 4 is 40.7 Å². The highest BCUT2D eigenvalue weighted by atomic mass is 35.5. The van der Waals surface area contributed by atoms with Crippen LogP contribution in [0, 0.1) is 0 Å². The maximum absolute atomic E-state index is 12.5. The summed E-state index contributed by atoms with van der Waals surface area (Å²) in [6.07, 6.45) is 1.97. The summed E-state index contributed by atoms with van der Waals surface area (Å²) in [6.45, 7) is 1.47. The van der Waals surface area contributed by atoms with Crippen LogP contribution in [0.2, 0.25) is 5.02 Å². The normalized spacial score (nSPS) is 11.0. The number of hydrogen-bond donors (Lipinski definition) is 0. The Morgan fingerprint density at radius 1 is 0.926 bits per heavy atom. The van der Waals surface area contributed by atoms with Crippen LogP contribution in [0.4, 0.5) is 0 Å². The second kappa shape index (κ2) is 9.32. The number of alkyl halides is 2. The number of benzene rings is 2. The number of hydrogen-bond acceptors (Lipinski definition) is 1. The number of carbonyl (C=O) groups excluding carboxylic acids is 1. The summed E-state index contributed by atoms with van der Waals surface area (Å²) in [6, 6.07) is 21.4. The van der Waals surface area contributed by atoms with Crippen LogP contribution in [0.1, 0.15) is 16.8 Å². The molecule has 0 radical (unpaired) electrons. The van der Waals surface area contributed by atoms with Crippen LogP contribution in [0.3, 0.4) is 0 Å². The van der Waals surface area contributed by atoms with Gasteiger partial charge >= 0.3 is 0 Å². The van der Waals surface area contributed by atoms with Gasteiger partial charge in [-0.15, -0.1) is 0 Å². The van der Waals surface area contributed by atoms with E-state index >= 15 is 0 Å². The quantitative estimate of drug-likeness (QED) is 0.461. The van der Waals surface area contributed by atoms with Gasteiger partial charge in [0.25, 0.3) is 5.91 Å². The van der Waals surface area contributed by atoms with Crippen molar-refractivity contribution in [2.24, 2.45) is 0 Å². The van der Waals surface area contributed by atoms with Crippen molar-refractivity contribution in [2.45, 2.75) is 24.5 Å². The molecule has 2 aromatic carbocycles. The van der Waals surface area contributed by atoms with Crippen LogP contribution in [-0.2, 0) is 24.4 Å². The molecule has 0 fully saturated rings. The molecule has 0 saturated heterocycles. The summed E-state index contributed by atoms with van der Waals surface area (Å²) in [5.41, 5.74) is 3.02. The topological polar surface area (TPSA) is 25.2 Å². The van der Waals surface area contributed by atoms with Gasteiger partial charge in [-0.05, 0) is 29.3 Å². The molecular weight excluding hydrogens is 403 g/mol. The molecule has 0 saturated carbocycles. The first kappa shape index (κ1) is 19.8. The van der Waals surface area contributed by atoms with Crippen molar-refractivity contribution < 1.29 is 4.79 Å². The highest BCUT2D eigenvalue weighted by Gasteiger charge is 2.22. The first-order valence-electron chi connectivity index (χ1n) is 8.53. The molecular formula is C21H19Cl3N2O. The Labute approximate surface area is 174 Å². The van der Waals surface area contributed by atoms with E-state index in [1.807, 2.05) is 72.9 Å². The molecule has 6 heteroatoms. The second-order valence-electron chi connectivity index (χ2n) is 6.20. The smallest absolute Gasteiger partial charge is 0.256 e. The molecule has 0 bridgehead atoms. The van der Waals surface area contributed by atoms with Crippen molar-refractivity contribution in [1.29, 1.82) is 0 Å². The Morgan fingerprint density at radius 2 is 1.63 bits per heavy atom. The van der Waals surface area contributed by atoms with E-state index < -0.39 is 4.84 Å². The van der Waals surface area contributed by atoms with E-state index in [0.29, 0.717) is 19.6 Å². The van der Waals surface area contributed by atoms with Gasteiger partial charge in [-0.1, -0.05) is 83.3 Å². The highest BCUT2D eigenvalue weighted by molar-refractivity contribution is 6.53. The molecule has 0 N–H and O–H groups in total. The molecule has 1 aromatic heterocycles. The van der Waals surface area contributed by atoms with Crippen LogP contribution >= 0.6 is 34.8 Å². The van der Waals surface area contributed by atoms with Crippen LogP contribution in [0.25, 0.3) is 0 Å². The summed E-state index contributed by atoms with van der Waals surface area (Å²) in [5, 5.41) is 0.718. The van der Waals surface area contributed by atoms with Crippen molar-refractivity contribution in [1.82, 2.24) is 9.47 Å². The molecule has 0 aliphatic carbocycles. The lowest BCUT2D eigenvalue weighted by molar-refractivity contribution is -0.130. The number of amides is 1. The van der Waals surface area contributed by atoms with E-state index in [4.69, 9.17) is 34.8 Å². The van der Waals surface area contributed by atoms with Crippen molar-refractivity contribution in [3.05, 3.63) is 94.8 Å². The molecule has 0 atom stereocenters. The van der Waals surface area contributed by atoms with Gasteiger partial charge in [0.15, 0.2) is 4.84 Å². The Morgan fingerprint density at radius 3 is 2.33 bits per heavy atom. The lowest BCUT2D eigenvalue weighted by atomic mass is 10.2. The zero-order valence-corrected chi connectivity index (χ0v) is 16.8. The Bertz CT molecular complexity index is 893. The number of carbonyl (C=O) groups is 1. The minimum absolute atomic E-state index is 0.312. The average Bonchev–Trinajstić information content (AvgIpc) is 3.10. The number of halogens is 3. The Hall–Kier alpha value is -1.94. The maximum Gasteiger partial charge on any atom is 0.256 e. The molecule has 0 spiro atoms. The van der Waals surface area contributed by atoms with Crippen LogP contribution in [-0.4, -0.2) is 20.2 Å². The largest absolute Gasteiger partial charge is 0.345 e. The van der Waals surface area contributed by atoms with Gasteiger partial charge in [-0.3, -0.25) is 4.79 Å². The van der Waals surface area contributed by atoms with Crippen LogP contribution < -0.4 is 0 Å². The third-order valence-corrected chi connectivity index (χ3v) is 5.03. The summed E-state index contributed by atoms with van der Waals surface area (Å²) in [7, 11) is 0. The first-order valence-corrected chi connectivity index (χ1v) is 9.78. The molecule has 0 unspecified atom stereocenters. The van der Waals surface area contributed by atoms with Crippen LogP contribution in [0.5, 0.6) is 0 Å². The van der Waals surface area contributed by atoms with Gasteiger partial charge in [-0.25, -0.2) is 0 Å². The fourth-order valence-electron chi connectivity index (χ4n) is 2.91. The maximum atomic E-state index is 12.5. The molecule has 1 heterocycles. The van der Waals surface area contributed by atoms with E-state index in [2.05, 4.69) is 4.57 Å². The zero-order chi connectivity index (χ0) is 19.2. The highest BCUT2D eigenvalue weighted by Crippen LogP contribution is 2.20. The van der Waals surface area contributed by atoms with Gasteiger partial charge < -0.3 is 9.47 Å². The Balaban J connectivity index is 1.81. The van der Waals surface area contributed by atoms with E-state index in [1.165, 1.54) is 0 Å². The van der Waals surface area contributed by atoms with Gasteiger partial charge in [0.1, 0.15) is 0 Å². The summed E-state index contributed by atoms with van der Waals surface area (Å²) < 4.78 is 2.07. The van der Waals surface area contributed by atoms with Gasteiger partial charge in [0.05, 0.1) is 6.54 Å². The van der Waals surface area contributed by atoms with E-state index in [-0.39, 0.29) is 5.91 Å². The second-order valence-corrected chi connectivity index (χ2v) is 7.70. The van der Waals surface area contributed by atoms with E-state index in [9.17, 15) is 4.79 Å².